The van der Waals surface area contributed by atoms with Gasteiger partial charge in [-0.05, 0) is 31.8 Å². The summed E-state index contributed by atoms with van der Waals surface area (Å²) in [4.78, 5) is 17.4. The third-order valence-corrected chi connectivity index (χ3v) is 3.74. The molecule has 1 aliphatic heterocycles. The molecule has 0 radical (unpaired) electrons. The van der Waals surface area contributed by atoms with E-state index >= 15 is 0 Å². The first-order valence-electron chi connectivity index (χ1n) is 6.55. The molecule has 2 rings (SSSR count). The molecular formula is C13H21N3O2. The summed E-state index contributed by atoms with van der Waals surface area (Å²) >= 11 is 0. The lowest BCUT2D eigenvalue weighted by atomic mass is 9.93. The van der Waals surface area contributed by atoms with Crippen molar-refractivity contribution in [1.82, 2.24) is 14.5 Å². The Hall–Kier alpha value is -1.36. The van der Waals surface area contributed by atoms with Gasteiger partial charge in [-0.25, -0.2) is 4.98 Å². The van der Waals surface area contributed by atoms with Crippen LogP contribution in [0.5, 0.6) is 0 Å². The van der Waals surface area contributed by atoms with Gasteiger partial charge in [-0.1, -0.05) is 0 Å². The Bertz CT molecular complexity index is 395. The van der Waals surface area contributed by atoms with Crippen LogP contribution in [0, 0.1) is 5.92 Å². The Morgan fingerprint density at radius 2 is 2.22 bits per heavy atom. The lowest BCUT2D eigenvalue weighted by Crippen LogP contribution is -2.36. The second-order valence-corrected chi connectivity index (χ2v) is 5.09. The first kappa shape index (κ1) is 13.1. The van der Waals surface area contributed by atoms with Crippen molar-refractivity contribution in [3.05, 3.63) is 18.2 Å². The lowest BCUT2D eigenvalue weighted by Gasteiger charge is -2.31. The zero-order valence-electron chi connectivity index (χ0n) is 10.9. The summed E-state index contributed by atoms with van der Waals surface area (Å²) in [6.45, 7) is 3.05. The van der Waals surface area contributed by atoms with E-state index in [4.69, 9.17) is 5.11 Å². The van der Waals surface area contributed by atoms with Crippen LogP contribution in [-0.2, 0) is 18.3 Å². The van der Waals surface area contributed by atoms with Gasteiger partial charge in [0.1, 0.15) is 5.82 Å². The van der Waals surface area contributed by atoms with Crippen LogP contribution in [0.2, 0.25) is 0 Å². The summed E-state index contributed by atoms with van der Waals surface area (Å²) < 4.78 is 2.05. The van der Waals surface area contributed by atoms with Crippen molar-refractivity contribution in [2.45, 2.75) is 25.7 Å². The molecule has 0 saturated carbocycles. The molecule has 0 aliphatic carbocycles. The van der Waals surface area contributed by atoms with Crippen LogP contribution < -0.4 is 0 Å². The van der Waals surface area contributed by atoms with E-state index in [1.165, 1.54) is 0 Å². The van der Waals surface area contributed by atoms with E-state index in [0.29, 0.717) is 12.3 Å². The summed E-state index contributed by atoms with van der Waals surface area (Å²) in [6, 6.07) is 0. The number of carboxylic acid groups (broad SMARTS) is 1. The number of hydrogen-bond donors (Lipinski definition) is 1. The molecule has 0 bridgehead atoms. The minimum absolute atomic E-state index is 0.327. The lowest BCUT2D eigenvalue weighted by molar-refractivity contribution is -0.138. The Morgan fingerprint density at radius 3 is 2.78 bits per heavy atom. The number of aliphatic carboxylic acids is 1. The van der Waals surface area contributed by atoms with Gasteiger partial charge in [0.15, 0.2) is 0 Å². The van der Waals surface area contributed by atoms with E-state index in [2.05, 4.69) is 14.5 Å². The predicted molar refractivity (Wildman–Crippen MR) is 68.3 cm³/mol. The Labute approximate surface area is 107 Å². The molecule has 5 nitrogen and oxygen atoms in total. The Kier molecular flexibility index (Phi) is 4.36. The molecule has 1 aromatic heterocycles. The van der Waals surface area contributed by atoms with E-state index in [9.17, 15) is 4.79 Å². The molecule has 0 aromatic carbocycles. The van der Waals surface area contributed by atoms with Gasteiger partial charge >= 0.3 is 5.97 Å². The van der Waals surface area contributed by atoms with Gasteiger partial charge in [0.05, 0.1) is 0 Å². The number of aryl methyl sites for hydroxylation is 1. The van der Waals surface area contributed by atoms with E-state index in [1.54, 1.807) is 0 Å². The predicted octanol–water partition coefficient (Wildman–Crippen LogP) is 1.15. The number of carbonyl (C=O) groups is 1. The van der Waals surface area contributed by atoms with Gasteiger partial charge < -0.3 is 14.6 Å². The minimum atomic E-state index is -0.665. The maximum atomic E-state index is 10.6. The minimum Gasteiger partial charge on any atom is -0.481 e. The number of hydrogen-bond acceptors (Lipinski definition) is 3. The molecular weight excluding hydrogens is 230 g/mol. The number of nitrogens with zero attached hydrogens (tertiary/aromatic N) is 3. The topological polar surface area (TPSA) is 58.4 Å². The van der Waals surface area contributed by atoms with Crippen LogP contribution in [0.3, 0.4) is 0 Å². The number of carboxylic acids is 1. The van der Waals surface area contributed by atoms with E-state index in [-0.39, 0.29) is 0 Å². The van der Waals surface area contributed by atoms with Crippen molar-refractivity contribution in [2.75, 3.05) is 19.6 Å². The normalized spacial score (nSPS) is 18.1. The van der Waals surface area contributed by atoms with Gasteiger partial charge in [0.25, 0.3) is 0 Å². The molecule has 0 amide bonds. The van der Waals surface area contributed by atoms with Crippen LogP contribution in [-0.4, -0.2) is 45.2 Å². The summed E-state index contributed by atoms with van der Waals surface area (Å²) in [5.74, 6) is 0.816. The maximum absolute atomic E-state index is 10.6. The molecule has 18 heavy (non-hydrogen) atoms. The molecule has 0 unspecified atom stereocenters. The summed E-state index contributed by atoms with van der Waals surface area (Å²) in [7, 11) is 2.02. The number of piperidine rings is 1. The molecule has 100 valence electrons. The molecule has 1 fully saturated rings. The van der Waals surface area contributed by atoms with Gasteiger partial charge in [-0.3, -0.25) is 4.79 Å². The van der Waals surface area contributed by atoms with Crippen molar-refractivity contribution in [3.63, 3.8) is 0 Å². The average molecular weight is 251 g/mol. The number of imidazole rings is 1. The van der Waals surface area contributed by atoms with Crippen molar-refractivity contribution in [3.8, 4) is 0 Å². The SMILES string of the molecule is Cn1ccnc1CCN1CCC(CC(=O)O)CC1. The van der Waals surface area contributed by atoms with Crippen LogP contribution >= 0.6 is 0 Å². The summed E-state index contributed by atoms with van der Waals surface area (Å²) in [5.41, 5.74) is 0. The van der Waals surface area contributed by atoms with Gasteiger partial charge in [-0.2, -0.15) is 0 Å². The monoisotopic (exact) mass is 251 g/mol. The standard InChI is InChI=1S/C13H21N3O2/c1-15-9-5-14-12(15)4-8-16-6-2-11(3-7-16)10-13(17)18/h5,9,11H,2-4,6-8,10H2,1H3,(H,17,18). The second-order valence-electron chi connectivity index (χ2n) is 5.09. The molecule has 0 atom stereocenters. The molecule has 2 heterocycles. The van der Waals surface area contributed by atoms with Crippen LogP contribution in [0.15, 0.2) is 12.4 Å². The van der Waals surface area contributed by atoms with Crippen LogP contribution in [0.1, 0.15) is 25.1 Å². The van der Waals surface area contributed by atoms with E-state index in [0.717, 1.165) is 44.7 Å². The third kappa shape index (κ3) is 3.57. The third-order valence-electron chi connectivity index (χ3n) is 3.74. The second kappa shape index (κ2) is 6.00. The zero-order chi connectivity index (χ0) is 13.0. The fourth-order valence-corrected chi connectivity index (χ4v) is 2.56. The summed E-state index contributed by atoms with van der Waals surface area (Å²) in [5, 5.41) is 8.77. The first-order chi connectivity index (χ1) is 8.65. The molecule has 1 aromatic rings. The van der Waals surface area contributed by atoms with Crippen molar-refractivity contribution in [1.29, 1.82) is 0 Å². The highest BCUT2D eigenvalue weighted by atomic mass is 16.4. The smallest absolute Gasteiger partial charge is 0.303 e. The van der Waals surface area contributed by atoms with Gasteiger partial charge in [0.2, 0.25) is 0 Å². The largest absolute Gasteiger partial charge is 0.481 e. The van der Waals surface area contributed by atoms with Crippen molar-refractivity contribution in [2.24, 2.45) is 13.0 Å². The van der Waals surface area contributed by atoms with Crippen LogP contribution in [0.4, 0.5) is 0 Å². The number of aromatic nitrogens is 2. The summed E-state index contributed by atoms with van der Waals surface area (Å²) in [6.07, 6.45) is 7.10. The fourth-order valence-electron chi connectivity index (χ4n) is 2.56. The van der Waals surface area contributed by atoms with E-state index in [1.807, 2.05) is 19.4 Å². The molecule has 1 N–H and O–H groups in total. The average Bonchev–Trinajstić information content (AvgIpc) is 2.73. The van der Waals surface area contributed by atoms with Crippen molar-refractivity contribution < 1.29 is 9.90 Å². The highest BCUT2D eigenvalue weighted by Gasteiger charge is 2.21. The van der Waals surface area contributed by atoms with Crippen LogP contribution in [0.25, 0.3) is 0 Å². The fraction of sp³-hybridized carbons (Fsp3) is 0.692. The molecule has 1 aliphatic rings. The molecule has 5 heteroatoms. The quantitative estimate of drug-likeness (QED) is 0.853. The number of likely N-dealkylation sites (tertiary alicyclic amines) is 1. The zero-order valence-corrected chi connectivity index (χ0v) is 10.9. The number of rotatable bonds is 5. The highest BCUT2D eigenvalue weighted by Crippen LogP contribution is 2.20. The van der Waals surface area contributed by atoms with Gasteiger partial charge in [-0.15, -0.1) is 0 Å². The van der Waals surface area contributed by atoms with E-state index < -0.39 is 5.97 Å². The maximum Gasteiger partial charge on any atom is 0.303 e. The molecule has 1 saturated heterocycles. The highest BCUT2D eigenvalue weighted by molar-refractivity contribution is 5.67. The first-order valence-corrected chi connectivity index (χ1v) is 6.55. The molecule has 0 spiro atoms. The Balaban J connectivity index is 1.71. The Morgan fingerprint density at radius 1 is 1.50 bits per heavy atom. The van der Waals surface area contributed by atoms with Gasteiger partial charge in [0, 0.05) is 38.8 Å². The van der Waals surface area contributed by atoms with Crippen molar-refractivity contribution >= 4 is 5.97 Å².